The maximum atomic E-state index is 5.34. The molecule has 0 saturated carbocycles. The topological polar surface area (TPSA) is 12.5 Å². The molecule has 1 rings (SSSR count). The molecule has 0 aliphatic carbocycles. The maximum absolute atomic E-state index is 5.34. The first-order valence-electron chi connectivity index (χ1n) is 6.53. The normalized spacial score (nSPS) is 20.2. The molecule has 0 bridgehead atoms. The van der Waals surface area contributed by atoms with Crippen LogP contribution in [-0.4, -0.2) is 37.7 Å². The number of morpholine rings is 1. The summed E-state index contributed by atoms with van der Waals surface area (Å²) in [6.45, 7) is 11.4. The van der Waals surface area contributed by atoms with Crippen molar-refractivity contribution in [2.24, 2.45) is 0 Å². The summed E-state index contributed by atoms with van der Waals surface area (Å²) in [5.41, 5.74) is 2.73. The minimum absolute atomic E-state index is 0.876. The van der Waals surface area contributed by atoms with Gasteiger partial charge in [0.05, 0.1) is 13.2 Å². The highest BCUT2D eigenvalue weighted by Gasteiger charge is 2.09. The monoisotopic (exact) mass is 235 g/mol. The van der Waals surface area contributed by atoms with Gasteiger partial charge in [-0.15, -0.1) is 0 Å². The summed E-state index contributed by atoms with van der Waals surface area (Å²) >= 11 is 0. The number of hydrogen-bond acceptors (Lipinski definition) is 2. The molecule has 0 unspecified atom stereocenters. The van der Waals surface area contributed by atoms with Gasteiger partial charge in [-0.3, -0.25) is 4.90 Å². The van der Waals surface area contributed by atoms with E-state index in [2.05, 4.69) is 50.0 Å². The van der Waals surface area contributed by atoms with Crippen LogP contribution in [0.1, 0.15) is 27.2 Å². The molecule has 1 saturated heterocycles. The van der Waals surface area contributed by atoms with Crippen molar-refractivity contribution in [3.05, 3.63) is 35.5 Å². The molecular weight excluding hydrogens is 210 g/mol. The van der Waals surface area contributed by atoms with Crippen LogP contribution < -0.4 is 0 Å². The van der Waals surface area contributed by atoms with Crippen LogP contribution >= 0.6 is 0 Å². The molecule has 1 fully saturated rings. The second kappa shape index (κ2) is 8.26. The van der Waals surface area contributed by atoms with E-state index >= 15 is 0 Å². The standard InChI is InChI=1S/C15H25NO/c1-4-5-6-14(2)7-8-15(3)13-16-9-11-17-12-10-16/h5-8H,4,9-13H2,1-3H3/b6-5+,14-7+,15-8+. The third-order valence-corrected chi connectivity index (χ3v) is 2.82. The zero-order valence-electron chi connectivity index (χ0n) is 11.4. The zero-order chi connectivity index (χ0) is 12.5. The summed E-state index contributed by atoms with van der Waals surface area (Å²) in [4.78, 5) is 2.44. The Bertz CT molecular complexity index is 296. The van der Waals surface area contributed by atoms with Crippen LogP contribution in [0.25, 0.3) is 0 Å². The second-order valence-electron chi connectivity index (χ2n) is 4.62. The molecule has 0 radical (unpaired) electrons. The molecule has 2 heteroatoms. The highest BCUT2D eigenvalue weighted by molar-refractivity contribution is 5.24. The molecule has 1 aliphatic heterocycles. The van der Waals surface area contributed by atoms with Crippen LogP contribution in [0.4, 0.5) is 0 Å². The van der Waals surface area contributed by atoms with Gasteiger partial charge < -0.3 is 4.74 Å². The first kappa shape index (κ1) is 14.2. The van der Waals surface area contributed by atoms with Crippen molar-refractivity contribution in [1.29, 1.82) is 0 Å². The Morgan fingerprint density at radius 3 is 2.53 bits per heavy atom. The Kier molecular flexibility index (Phi) is 6.90. The molecular formula is C15H25NO. The lowest BCUT2D eigenvalue weighted by atomic mass is 10.2. The molecule has 17 heavy (non-hydrogen) atoms. The van der Waals surface area contributed by atoms with Gasteiger partial charge in [-0.05, 0) is 20.3 Å². The summed E-state index contributed by atoms with van der Waals surface area (Å²) in [5.74, 6) is 0. The van der Waals surface area contributed by atoms with Crippen LogP contribution in [0, 0.1) is 0 Å². The quantitative estimate of drug-likeness (QED) is 0.679. The number of ether oxygens (including phenoxy) is 1. The molecule has 0 amide bonds. The van der Waals surface area contributed by atoms with E-state index in [0.29, 0.717) is 0 Å². The van der Waals surface area contributed by atoms with Crippen LogP contribution in [0.3, 0.4) is 0 Å². The number of nitrogens with zero attached hydrogens (tertiary/aromatic N) is 1. The third kappa shape index (κ3) is 6.44. The molecule has 0 spiro atoms. The van der Waals surface area contributed by atoms with Gasteiger partial charge in [-0.1, -0.05) is 42.4 Å². The zero-order valence-corrected chi connectivity index (χ0v) is 11.4. The molecule has 1 heterocycles. The van der Waals surface area contributed by atoms with Crippen LogP contribution in [0.15, 0.2) is 35.5 Å². The molecule has 0 aromatic rings. The molecule has 96 valence electrons. The van der Waals surface area contributed by atoms with Crippen molar-refractivity contribution < 1.29 is 4.74 Å². The van der Waals surface area contributed by atoms with Crippen LogP contribution in [-0.2, 0) is 4.74 Å². The van der Waals surface area contributed by atoms with Crippen molar-refractivity contribution >= 4 is 0 Å². The largest absolute Gasteiger partial charge is 0.379 e. The van der Waals surface area contributed by atoms with Gasteiger partial charge in [0.2, 0.25) is 0 Å². The van der Waals surface area contributed by atoms with E-state index in [-0.39, 0.29) is 0 Å². The van der Waals surface area contributed by atoms with Crippen LogP contribution in [0.5, 0.6) is 0 Å². The minimum atomic E-state index is 0.876. The van der Waals surface area contributed by atoms with Crippen molar-refractivity contribution in [3.8, 4) is 0 Å². The molecule has 1 aliphatic rings. The van der Waals surface area contributed by atoms with Gasteiger partial charge in [0.25, 0.3) is 0 Å². The first-order chi connectivity index (χ1) is 8.22. The van der Waals surface area contributed by atoms with E-state index in [0.717, 1.165) is 39.3 Å². The number of allylic oxidation sites excluding steroid dienone is 5. The van der Waals surface area contributed by atoms with E-state index in [1.807, 2.05) is 0 Å². The van der Waals surface area contributed by atoms with Gasteiger partial charge in [0.15, 0.2) is 0 Å². The number of hydrogen-bond donors (Lipinski definition) is 0. The lowest BCUT2D eigenvalue weighted by Crippen LogP contribution is -2.37. The van der Waals surface area contributed by atoms with Crippen molar-refractivity contribution in [2.75, 3.05) is 32.8 Å². The summed E-state index contributed by atoms with van der Waals surface area (Å²) in [6, 6.07) is 0. The predicted molar refractivity (Wildman–Crippen MR) is 74.2 cm³/mol. The molecule has 0 N–H and O–H groups in total. The average Bonchev–Trinajstić information content (AvgIpc) is 2.35. The molecule has 2 nitrogen and oxygen atoms in total. The predicted octanol–water partition coefficient (Wildman–Crippen LogP) is 3.18. The van der Waals surface area contributed by atoms with E-state index in [1.165, 1.54) is 11.1 Å². The molecule has 0 aromatic carbocycles. The summed E-state index contributed by atoms with van der Waals surface area (Å²) in [5, 5.41) is 0. The summed E-state index contributed by atoms with van der Waals surface area (Å²) < 4.78 is 5.34. The van der Waals surface area contributed by atoms with Gasteiger partial charge in [0, 0.05) is 19.6 Å². The Labute approximate surface area is 106 Å². The van der Waals surface area contributed by atoms with Gasteiger partial charge in [0.1, 0.15) is 0 Å². The fourth-order valence-electron chi connectivity index (χ4n) is 1.80. The molecule has 0 atom stereocenters. The number of rotatable bonds is 5. The Balaban J connectivity index is 2.39. The smallest absolute Gasteiger partial charge is 0.0594 e. The molecule has 0 aromatic heterocycles. The van der Waals surface area contributed by atoms with Gasteiger partial charge >= 0.3 is 0 Å². The lowest BCUT2D eigenvalue weighted by Gasteiger charge is -2.26. The van der Waals surface area contributed by atoms with E-state index in [9.17, 15) is 0 Å². The summed E-state index contributed by atoms with van der Waals surface area (Å²) in [6.07, 6.45) is 9.89. The fourth-order valence-corrected chi connectivity index (χ4v) is 1.80. The van der Waals surface area contributed by atoms with Gasteiger partial charge in [-0.2, -0.15) is 0 Å². The third-order valence-electron chi connectivity index (χ3n) is 2.82. The fraction of sp³-hybridized carbons (Fsp3) is 0.600. The van der Waals surface area contributed by atoms with E-state index < -0.39 is 0 Å². The van der Waals surface area contributed by atoms with Crippen LogP contribution in [0.2, 0.25) is 0 Å². The Hall–Kier alpha value is -0.860. The van der Waals surface area contributed by atoms with Crippen molar-refractivity contribution in [3.63, 3.8) is 0 Å². The van der Waals surface area contributed by atoms with Crippen molar-refractivity contribution in [1.82, 2.24) is 4.90 Å². The van der Waals surface area contributed by atoms with E-state index in [1.54, 1.807) is 0 Å². The lowest BCUT2D eigenvalue weighted by molar-refractivity contribution is 0.0423. The first-order valence-corrected chi connectivity index (χ1v) is 6.53. The maximum Gasteiger partial charge on any atom is 0.0594 e. The highest BCUT2D eigenvalue weighted by atomic mass is 16.5. The Morgan fingerprint density at radius 1 is 1.18 bits per heavy atom. The SMILES string of the molecule is CC/C=C/C(C)=C/C=C(\C)CN1CCOCC1. The van der Waals surface area contributed by atoms with E-state index in [4.69, 9.17) is 4.74 Å². The average molecular weight is 235 g/mol. The minimum Gasteiger partial charge on any atom is -0.379 e. The summed E-state index contributed by atoms with van der Waals surface area (Å²) in [7, 11) is 0. The second-order valence-corrected chi connectivity index (χ2v) is 4.62. The highest BCUT2D eigenvalue weighted by Crippen LogP contribution is 2.04. The van der Waals surface area contributed by atoms with Crippen molar-refractivity contribution in [2.45, 2.75) is 27.2 Å². The van der Waals surface area contributed by atoms with Gasteiger partial charge in [-0.25, -0.2) is 0 Å². The Morgan fingerprint density at radius 2 is 1.88 bits per heavy atom.